The maximum atomic E-state index is 10.7. The van der Waals surface area contributed by atoms with Gasteiger partial charge in [-0.2, -0.15) is 10.1 Å². The molecule has 2 aromatic rings. The van der Waals surface area contributed by atoms with E-state index in [0.717, 1.165) is 6.20 Å². The summed E-state index contributed by atoms with van der Waals surface area (Å²) >= 11 is 5.65. The van der Waals surface area contributed by atoms with Crippen LogP contribution in [0.3, 0.4) is 0 Å². The summed E-state index contributed by atoms with van der Waals surface area (Å²) in [6.07, 6.45) is 3.74. The van der Waals surface area contributed by atoms with Crippen molar-refractivity contribution in [3.63, 3.8) is 0 Å². The summed E-state index contributed by atoms with van der Waals surface area (Å²) in [7, 11) is 0. The Balaban J connectivity index is 2.62. The third kappa shape index (κ3) is 1.77. The molecular weight excluding hydrogens is 236 g/mol. The van der Waals surface area contributed by atoms with Crippen LogP contribution in [-0.2, 0) is 0 Å². The number of nitro groups is 1. The van der Waals surface area contributed by atoms with Crippen molar-refractivity contribution in [3.05, 3.63) is 33.7 Å². The summed E-state index contributed by atoms with van der Waals surface area (Å²) in [5, 5.41) is 14.9. The average Bonchev–Trinajstić information content (AvgIpc) is 2.64. The first-order valence-electron chi connectivity index (χ1n) is 4.05. The second kappa shape index (κ2) is 3.74. The number of hydrogen-bond donors (Lipinski definition) is 1. The van der Waals surface area contributed by atoms with Gasteiger partial charge in [-0.15, -0.1) is 0 Å². The standard InChI is InChI=1S/C7H5ClN6O2/c8-4-1-11-13(3-4)6-5(14(15)16)2-10-7(9)12-6/h1-3H,(H2,9,10,12). The Labute approximate surface area is 93.8 Å². The second-order valence-corrected chi connectivity index (χ2v) is 3.23. The Morgan fingerprint density at radius 1 is 1.50 bits per heavy atom. The second-order valence-electron chi connectivity index (χ2n) is 2.80. The highest BCUT2D eigenvalue weighted by Crippen LogP contribution is 2.20. The van der Waals surface area contributed by atoms with Crippen molar-refractivity contribution in [3.8, 4) is 5.82 Å². The van der Waals surface area contributed by atoms with Crippen LogP contribution in [0.5, 0.6) is 0 Å². The summed E-state index contributed by atoms with van der Waals surface area (Å²) in [6, 6.07) is 0. The first-order chi connectivity index (χ1) is 7.58. The molecule has 0 spiro atoms. The molecule has 0 radical (unpaired) electrons. The fourth-order valence-corrected chi connectivity index (χ4v) is 1.23. The summed E-state index contributed by atoms with van der Waals surface area (Å²) in [4.78, 5) is 17.4. The highest BCUT2D eigenvalue weighted by molar-refractivity contribution is 6.30. The van der Waals surface area contributed by atoms with Crippen LogP contribution in [0.2, 0.25) is 5.02 Å². The summed E-state index contributed by atoms with van der Waals surface area (Å²) in [6.45, 7) is 0. The van der Waals surface area contributed by atoms with Crippen LogP contribution in [0.1, 0.15) is 0 Å². The molecule has 2 rings (SSSR count). The molecule has 0 atom stereocenters. The monoisotopic (exact) mass is 240 g/mol. The first kappa shape index (κ1) is 10.3. The van der Waals surface area contributed by atoms with Gasteiger partial charge in [-0.05, 0) is 0 Å². The van der Waals surface area contributed by atoms with E-state index in [1.54, 1.807) is 0 Å². The highest BCUT2D eigenvalue weighted by atomic mass is 35.5. The average molecular weight is 241 g/mol. The molecule has 0 saturated heterocycles. The third-order valence-corrected chi connectivity index (χ3v) is 1.93. The maximum Gasteiger partial charge on any atom is 0.332 e. The molecule has 0 bridgehead atoms. The van der Waals surface area contributed by atoms with Crippen LogP contribution >= 0.6 is 11.6 Å². The lowest BCUT2D eigenvalue weighted by Gasteiger charge is -2.01. The minimum absolute atomic E-state index is 0.0237. The molecular formula is C7H5ClN6O2. The van der Waals surface area contributed by atoms with Gasteiger partial charge in [0.15, 0.2) is 0 Å². The van der Waals surface area contributed by atoms with Gasteiger partial charge in [-0.25, -0.2) is 9.67 Å². The van der Waals surface area contributed by atoms with E-state index in [4.69, 9.17) is 17.3 Å². The van der Waals surface area contributed by atoms with Crippen LogP contribution in [0, 0.1) is 10.1 Å². The zero-order valence-electron chi connectivity index (χ0n) is 7.74. The Bertz CT molecular complexity index is 554. The van der Waals surface area contributed by atoms with Gasteiger partial charge in [0.2, 0.25) is 11.8 Å². The Morgan fingerprint density at radius 2 is 2.25 bits per heavy atom. The number of nitrogens with zero attached hydrogens (tertiary/aromatic N) is 5. The van der Waals surface area contributed by atoms with E-state index in [9.17, 15) is 10.1 Å². The number of aromatic nitrogens is 4. The molecule has 0 aliphatic carbocycles. The van der Waals surface area contributed by atoms with E-state index in [2.05, 4.69) is 15.1 Å². The SMILES string of the molecule is Nc1ncc([N+](=O)[O-])c(-n2cc(Cl)cn2)n1. The van der Waals surface area contributed by atoms with Crippen LogP contribution in [0.4, 0.5) is 11.6 Å². The molecule has 0 unspecified atom stereocenters. The van der Waals surface area contributed by atoms with Crippen molar-refractivity contribution in [1.82, 2.24) is 19.7 Å². The fraction of sp³-hybridized carbons (Fsp3) is 0. The molecule has 16 heavy (non-hydrogen) atoms. The molecule has 0 saturated carbocycles. The molecule has 2 N–H and O–H groups in total. The van der Waals surface area contributed by atoms with Gasteiger partial charge < -0.3 is 5.73 Å². The molecule has 0 fully saturated rings. The van der Waals surface area contributed by atoms with E-state index in [1.807, 2.05) is 0 Å². The predicted molar refractivity (Wildman–Crippen MR) is 55.2 cm³/mol. The molecule has 0 aromatic carbocycles. The van der Waals surface area contributed by atoms with Crippen molar-refractivity contribution >= 4 is 23.2 Å². The first-order valence-corrected chi connectivity index (χ1v) is 4.43. The number of halogens is 1. The molecule has 0 aliphatic rings. The van der Waals surface area contributed by atoms with E-state index in [0.29, 0.717) is 5.02 Å². The molecule has 0 amide bonds. The van der Waals surface area contributed by atoms with Crippen molar-refractivity contribution in [2.24, 2.45) is 0 Å². The van der Waals surface area contributed by atoms with E-state index in [1.165, 1.54) is 17.1 Å². The van der Waals surface area contributed by atoms with Crippen LogP contribution in [0.25, 0.3) is 5.82 Å². The van der Waals surface area contributed by atoms with Gasteiger partial charge in [0.1, 0.15) is 6.20 Å². The fourth-order valence-electron chi connectivity index (χ4n) is 1.09. The van der Waals surface area contributed by atoms with Crippen LogP contribution in [-0.4, -0.2) is 24.7 Å². The van der Waals surface area contributed by atoms with Crippen molar-refractivity contribution in [2.75, 3.05) is 5.73 Å². The quantitative estimate of drug-likeness (QED) is 0.614. The third-order valence-electron chi connectivity index (χ3n) is 1.73. The number of rotatable bonds is 2. The molecule has 0 aliphatic heterocycles. The maximum absolute atomic E-state index is 10.7. The lowest BCUT2D eigenvalue weighted by Crippen LogP contribution is -2.07. The van der Waals surface area contributed by atoms with Gasteiger partial charge in [0.25, 0.3) is 0 Å². The van der Waals surface area contributed by atoms with Crippen molar-refractivity contribution < 1.29 is 4.92 Å². The smallest absolute Gasteiger partial charge is 0.332 e. The molecule has 2 aromatic heterocycles. The van der Waals surface area contributed by atoms with Gasteiger partial charge in [0, 0.05) is 0 Å². The number of nitrogen functional groups attached to an aromatic ring is 1. The molecule has 82 valence electrons. The minimum Gasteiger partial charge on any atom is -0.368 e. The predicted octanol–water partition coefficient (Wildman–Crippen LogP) is 0.806. The van der Waals surface area contributed by atoms with Crippen molar-refractivity contribution in [2.45, 2.75) is 0 Å². The Morgan fingerprint density at radius 3 is 2.81 bits per heavy atom. The van der Waals surface area contributed by atoms with Gasteiger partial charge in [-0.3, -0.25) is 10.1 Å². The Kier molecular flexibility index (Phi) is 2.41. The zero-order valence-corrected chi connectivity index (χ0v) is 8.50. The van der Waals surface area contributed by atoms with Crippen LogP contribution in [0.15, 0.2) is 18.6 Å². The minimum atomic E-state index is -0.621. The van der Waals surface area contributed by atoms with Gasteiger partial charge >= 0.3 is 5.69 Å². The highest BCUT2D eigenvalue weighted by Gasteiger charge is 2.19. The summed E-state index contributed by atoms with van der Waals surface area (Å²) in [5.74, 6) is -0.100. The van der Waals surface area contributed by atoms with Crippen LogP contribution < -0.4 is 5.73 Å². The molecule has 9 heteroatoms. The zero-order chi connectivity index (χ0) is 11.7. The Hall–Kier alpha value is -2.22. The van der Waals surface area contributed by atoms with E-state index < -0.39 is 4.92 Å². The number of nitrogens with two attached hydrogens (primary N) is 1. The number of hydrogen-bond acceptors (Lipinski definition) is 6. The lowest BCUT2D eigenvalue weighted by atomic mass is 10.5. The van der Waals surface area contributed by atoms with Gasteiger partial charge in [0.05, 0.1) is 22.3 Å². The van der Waals surface area contributed by atoms with Gasteiger partial charge in [-0.1, -0.05) is 11.6 Å². The topological polar surface area (TPSA) is 113 Å². The lowest BCUT2D eigenvalue weighted by molar-refractivity contribution is -0.385. The van der Waals surface area contributed by atoms with Crippen molar-refractivity contribution in [1.29, 1.82) is 0 Å². The normalized spacial score (nSPS) is 10.3. The van der Waals surface area contributed by atoms with E-state index in [-0.39, 0.29) is 17.5 Å². The molecule has 8 nitrogen and oxygen atoms in total. The number of anilines is 1. The largest absolute Gasteiger partial charge is 0.368 e. The molecule has 2 heterocycles. The van der Waals surface area contributed by atoms with E-state index >= 15 is 0 Å². The summed E-state index contributed by atoms with van der Waals surface area (Å²) < 4.78 is 1.17. The summed E-state index contributed by atoms with van der Waals surface area (Å²) in [5.41, 5.74) is 5.06.